The summed E-state index contributed by atoms with van der Waals surface area (Å²) in [7, 11) is 0. The fourth-order valence-corrected chi connectivity index (χ4v) is 9.41. The van der Waals surface area contributed by atoms with Gasteiger partial charge in [0.25, 0.3) is 0 Å². The lowest BCUT2D eigenvalue weighted by atomic mass is 9.97. The molecule has 0 saturated carbocycles. The number of thiophene rings is 1. The fourth-order valence-electron chi connectivity index (χ4n) is 8.17. The molecule has 0 bridgehead atoms. The number of aromatic nitrogens is 3. The van der Waals surface area contributed by atoms with E-state index in [2.05, 4.69) is 205 Å². The van der Waals surface area contributed by atoms with Gasteiger partial charge in [-0.2, -0.15) is 0 Å². The zero-order valence-corrected chi connectivity index (χ0v) is 31.1. The summed E-state index contributed by atoms with van der Waals surface area (Å²) in [5, 5.41) is 3.71. The molecule has 0 fully saturated rings. The Kier molecular flexibility index (Phi) is 7.68. The molecule has 0 atom stereocenters. The van der Waals surface area contributed by atoms with Crippen LogP contribution in [-0.2, 0) is 0 Å². The van der Waals surface area contributed by atoms with Crippen molar-refractivity contribution in [1.82, 2.24) is 14.5 Å². The summed E-state index contributed by atoms with van der Waals surface area (Å²) < 4.78 is 4.95. The quantitative estimate of drug-likeness (QED) is 0.170. The largest absolute Gasteiger partial charge is 0.306 e. The average molecular weight is 732 g/mol. The summed E-state index contributed by atoms with van der Waals surface area (Å²) in [6.45, 7) is 0. The normalized spacial score (nSPS) is 11.6. The van der Waals surface area contributed by atoms with Crippen molar-refractivity contribution < 1.29 is 0 Å². The molecule has 0 radical (unpaired) electrons. The van der Waals surface area contributed by atoms with Gasteiger partial charge in [0.1, 0.15) is 5.52 Å². The van der Waals surface area contributed by atoms with Gasteiger partial charge in [-0.3, -0.25) is 0 Å². The van der Waals surface area contributed by atoms with Gasteiger partial charge in [-0.15, -0.1) is 11.3 Å². The number of fused-ring (bicyclic) bond motifs is 6. The maximum absolute atomic E-state index is 5.48. The Labute approximate surface area is 328 Å². The Morgan fingerprint density at radius 2 is 0.946 bits per heavy atom. The molecule has 0 aliphatic carbocycles. The van der Waals surface area contributed by atoms with Crippen molar-refractivity contribution in [2.45, 2.75) is 0 Å². The van der Waals surface area contributed by atoms with Crippen LogP contribution in [0.25, 0.3) is 104 Å². The third kappa shape index (κ3) is 5.42. The van der Waals surface area contributed by atoms with Crippen molar-refractivity contribution in [2.75, 3.05) is 0 Å². The molecule has 11 aromatic rings. The van der Waals surface area contributed by atoms with Gasteiger partial charge in [0.2, 0.25) is 0 Å². The maximum Gasteiger partial charge on any atom is 0.160 e. The van der Waals surface area contributed by atoms with E-state index >= 15 is 0 Å². The van der Waals surface area contributed by atoms with Crippen molar-refractivity contribution in [2.24, 2.45) is 0 Å². The molecule has 262 valence electrons. The van der Waals surface area contributed by atoms with Crippen LogP contribution in [0.4, 0.5) is 0 Å². The van der Waals surface area contributed by atoms with Crippen LogP contribution in [0.3, 0.4) is 0 Å². The Hall–Kier alpha value is -7.14. The third-order valence-electron chi connectivity index (χ3n) is 10.8. The van der Waals surface area contributed by atoms with E-state index in [1.807, 2.05) is 11.3 Å². The molecule has 3 heterocycles. The molecule has 0 aliphatic heterocycles. The van der Waals surface area contributed by atoms with Crippen LogP contribution >= 0.6 is 11.3 Å². The molecule has 4 heteroatoms. The molecule has 0 amide bonds. The zero-order chi connectivity index (χ0) is 37.0. The average Bonchev–Trinajstić information content (AvgIpc) is 3.83. The number of para-hydroxylation sites is 2. The molecule has 0 unspecified atom stereocenters. The van der Waals surface area contributed by atoms with Gasteiger partial charge < -0.3 is 4.57 Å². The van der Waals surface area contributed by atoms with Gasteiger partial charge in [0, 0.05) is 42.4 Å². The van der Waals surface area contributed by atoms with Gasteiger partial charge in [-0.25, -0.2) is 9.97 Å². The first-order valence-corrected chi connectivity index (χ1v) is 19.7. The Bertz CT molecular complexity index is 3250. The molecule has 11 rings (SSSR count). The fraction of sp³-hybridized carbons (Fsp3) is 0. The summed E-state index contributed by atoms with van der Waals surface area (Å²) in [6, 6.07) is 71.3. The number of hydrogen-bond acceptors (Lipinski definition) is 3. The van der Waals surface area contributed by atoms with Crippen molar-refractivity contribution in [1.29, 1.82) is 0 Å². The minimum atomic E-state index is 0.696. The molecular formula is C52H33N3S. The molecule has 56 heavy (non-hydrogen) atoms. The van der Waals surface area contributed by atoms with Crippen molar-refractivity contribution in [3.63, 3.8) is 0 Å². The minimum absolute atomic E-state index is 0.696. The van der Waals surface area contributed by atoms with E-state index in [-0.39, 0.29) is 0 Å². The second-order valence-corrected chi connectivity index (χ2v) is 15.2. The standard InChI is InChI=1S/C52H33N3S/c1-3-15-34(16-4-1)35-17-12-21-39(32-35)48-50-49(45-26-7-9-29-46(45)55(50)41-23-5-2-6-24-41)54-52(53-48)40-22-13-19-37(33-40)36-18-11-20-38(31-36)42-27-14-28-44-43-25-8-10-30-47(43)56-51(42)44/h1-33H. The van der Waals surface area contributed by atoms with Gasteiger partial charge in [0.05, 0.1) is 16.7 Å². The minimum Gasteiger partial charge on any atom is -0.306 e. The molecule has 0 spiro atoms. The van der Waals surface area contributed by atoms with Crippen LogP contribution in [0.5, 0.6) is 0 Å². The molecule has 3 nitrogen and oxygen atoms in total. The maximum atomic E-state index is 5.48. The van der Waals surface area contributed by atoms with Crippen LogP contribution in [0.2, 0.25) is 0 Å². The topological polar surface area (TPSA) is 30.7 Å². The van der Waals surface area contributed by atoms with Crippen LogP contribution in [0.15, 0.2) is 200 Å². The second-order valence-electron chi connectivity index (χ2n) is 14.2. The second kappa shape index (κ2) is 13.3. The van der Waals surface area contributed by atoms with Gasteiger partial charge in [-0.1, -0.05) is 158 Å². The van der Waals surface area contributed by atoms with Gasteiger partial charge >= 0.3 is 0 Å². The molecule has 0 saturated heterocycles. The van der Waals surface area contributed by atoms with Gasteiger partial charge in [0.15, 0.2) is 5.82 Å². The van der Waals surface area contributed by atoms with E-state index in [0.29, 0.717) is 5.82 Å². The van der Waals surface area contributed by atoms with E-state index in [9.17, 15) is 0 Å². The highest BCUT2D eigenvalue weighted by Gasteiger charge is 2.21. The van der Waals surface area contributed by atoms with Crippen LogP contribution in [0.1, 0.15) is 0 Å². The van der Waals surface area contributed by atoms with Crippen molar-refractivity contribution in [3.8, 4) is 61.7 Å². The number of hydrogen-bond donors (Lipinski definition) is 0. The van der Waals surface area contributed by atoms with Crippen LogP contribution in [0, 0.1) is 0 Å². The highest BCUT2D eigenvalue weighted by atomic mass is 32.1. The monoisotopic (exact) mass is 731 g/mol. The molecule has 3 aromatic heterocycles. The smallest absolute Gasteiger partial charge is 0.160 e. The highest BCUT2D eigenvalue weighted by Crippen LogP contribution is 2.42. The number of benzene rings is 8. The first kappa shape index (κ1) is 32.3. The zero-order valence-electron chi connectivity index (χ0n) is 30.3. The summed E-state index contributed by atoms with van der Waals surface area (Å²) in [5.74, 6) is 0.696. The number of nitrogens with zero attached hydrogens (tertiary/aromatic N) is 3. The van der Waals surface area contributed by atoms with Crippen LogP contribution in [-0.4, -0.2) is 14.5 Å². The first-order chi connectivity index (χ1) is 27.8. The third-order valence-corrected chi connectivity index (χ3v) is 12.0. The lowest BCUT2D eigenvalue weighted by molar-refractivity contribution is 1.15. The van der Waals surface area contributed by atoms with E-state index in [4.69, 9.17) is 9.97 Å². The number of rotatable bonds is 6. The Morgan fingerprint density at radius 1 is 0.393 bits per heavy atom. The molecule has 8 aromatic carbocycles. The summed E-state index contributed by atoms with van der Waals surface area (Å²) in [5.41, 5.74) is 14.0. The van der Waals surface area contributed by atoms with E-state index in [1.54, 1.807) is 0 Å². The first-order valence-electron chi connectivity index (χ1n) is 18.9. The highest BCUT2D eigenvalue weighted by molar-refractivity contribution is 7.26. The molecular weight excluding hydrogens is 699 g/mol. The van der Waals surface area contributed by atoms with E-state index in [0.717, 1.165) is 61.1 Å². The molecule has 0 aliphatic rings. The summed E-state index contributed by atoms with van der Waals surface area (Å²) in [4.78, 5) is 10.9. The lowest BCUT2D eigenvalue weighted by Gasteiger charge is -2.13. The lowest BCUT2D eigenvalue weighted by Crippen LogP contribution is -2.00. The Morgan fingerprint density at radius 3 is 1.75 bits per heavy atom. The predicted molar refractivity (Wildman–Crippen MR) is 236 cm³/mol. The van der Waals surface area contributed by atoms with Crippen LogP contribution < -0.4 is 0 Å². The molecule has 0 N–H and O–H groups in total. The van der Waals surface area contributed by atoms with E-state index < -0.39 is 0 Å². The Balaban J connectivity index is 1.10. The van der Waals surface area contributed by atoms with Crippen molar-refractivity contribution in [3.05, 3.63) is 200 Å². The van der Waals surface area contributed by atoms with Crippen molar-refractivity contribution >= 4 is 53.4 Å². The summed E-state index contributed by atoms with van der Waals surface area (Å²) >= 11 is 1.87. The summed E-state index contributed by atoms with van der Waals surface area (Å²) in [6.07, 6.45) is 0. The van der Waals surface area contributed by atoms with Gasteiger partial charge in [-0.05, 0) is 75.8 Å². The van der Waals surface area contributed by atoms with E-state index in [1.165, 1.54) is 36.9 Å². The predicted octanol–water partition coefficient (Wildman–Crippen LogP) is 14.3. The SMILES string of the molecule is c1ccc(-c2cccc(-c3nc(-c4cccc(-c5cccc(-c6cccc7c6sc6ccccc67)c5)c4)nc4c5ccccc5n(-c5ccccc5)c34)c2)cc1.